The predicted octanol–water partition coefficient (Wildman–Crippen LogP) is 1.98. The highest BCUT2D eigenvalue weighted by atomic mass is 16.1. The maximum atomic E-state index is 11.0. The van der Waals surface area contributed by atoms with E-state index in [9.17, 15) is 4.79 Å². The maximum absolute atomic E-state index is 11.0. The molecule has 0 atom stereocenters. The van der Waals surface area contributed by atoms with E-state index in [4.69, 9.17) is 0 Å². The second-order valence-corrected chi connectivity index (χ2v) is 3.87. The molecule has 2 aromatic heterocycles. The highest BCUT2D eigenvalue weighted by Crippen LogP contribution is 2.00. The van der Waals surface area contributed by atoms with Gasteiger partial charge in [0.25, 0.3) is 5.56 Å². The third-order valence-corrected chi connectivity index (χ3v) is 1.44. The zero-order valence-electron chi connectivity index (χ0n) is 9.19. The van der Waals surface area contributed by atoms with Crippen molar-refractivity contribution >= 4 is 10.9 Å². The molecule has 1 N–H and O–H groups in total. The highest BCUT2D eigenvalue weighted by Gasteiger charge is 1.95. The molecule has 80 valence electrons. The number of nitrogens with zero attached hydrogens (tertiary/aromatic N) is 2. The first kappa shape index (κ1) is 11.4. The van der Waals surface area contributed by atoms with Crippen molar-refractivity contribution in [2.45, 2.75) is 20.8 Å². The van der Waals surface area contributed by atoms with Gasteiger partial charge in [0.05, 0.1) is 17.1 Å². The molecule has 0 aromatic carbocycles. The Labute approximate surface area is 88.4 Å². The maximum Gasteiger partial charge on any atom is 0.273 e. The average molecular weight is 205 g/mol. The zero-order valence-corrected chi connectivity index (χ0v) is 9.19. The van der Waals surface area contributed by atoms with Crippen LogP contribution in [-0.4, -0.2) is 15.2 Å². The molecule has 4 heteroatoms. The fraction of sp³-hybridized carbons (Fsp3) is 0.364. The Bertz CT molecular complexity index is 468. The number of hydrogen-bond donors (Lipinski definition) is 1. The van der Waals surface area contributed by atoms with Crippen LogP contribution in [0.15, 0.2) is 29.3 Å². The van der Waals surface area contributed by atoms with Gasteiger partial charge in [0, 0.05) is 6.20 Å². The quantitative estimate of drug-likeness (QED) is 0.715. The van der Waals surface area contributed by atoms with Crippen molar-refractivity contribution in [2.75, 3.05) is 0 Å². The first-order valence-electron chi connectivity index (χ1n) is 4.89. The molecule has 15 heavy (non-hydrogen) atoms. The molecule has 2 aromatic rings. The number of rotatable bonds is 0. The number of aromatic nitrogens is 3. The van der Waals surface area contributed by atoms with Gasteiger partial charge in [-0.2, -0.15) is 5.10 Å². The number of nitrogens with one attached hydrogen (secondary N) is 1. The van der Waals surface area contributed by atoms with E-state index in [0.29, 0.717) is 10.9 Å². The molecule has 4 nitrogen and oxygen atoms in total. The van der Waals surface area contributed by atoms with Gasteiger partial charge in [-0.3, -0.25) is 9.78 Å². The summed E-state index contributed by atoms with van der Waals surface area (Å²) in [4.78, 5) is 15.0. The van der Waals surface area contributed by atoms with Crippen LogP contribution in [0.1, 0.15) is 20.8 Å². The fourth-order valence-electron chi connectivity index (χ4n) is 0.925. The third-order valence-electron chi connectivity index (χ3n) is 1.44. The molecule has 2 heterocycles. The fourth-order valence-corrected chi connectivity index (χ4v) is 0.925. The summed E-state index contributed by atoms with van der Waals surface area (Å²) in [5.41, 5.74) is 0.423. The number of pyridine rings is 1. The minimum absolute atomic E-state index is 0.199. The third kappa shape index (κ3) is 3.50. The molecule has 0 amide bonds. The Kier molecular flexibility index (Phi) is 3.97. The van der Waals surface area contributed by atoms with Crippen LogP contribution >= 0.6 is 0 Å². The molecule has 0 aliphatic carbocycles. The lowest BCUT2D eigenvalue weighted by atomic mass is 10.3. The summed E-state index contributed by atoms with van der Waals surface area (Å²) in [5.74, 6) is 0.833. The average Bonchev–Trinajstić information content (AvgIpc) is 2.18. The van der Waals surface area contributed by atoms with Crippen LogP contribution in [0.2, 0.25) is 0 Å². The molecule has 0 saturated carbocycles. The normalized spacial score (nSPS) is 9.87. The Hall–Kier alpha value is -1.71. The molecular weight excluding hydrogens is 190 g/mol. The van der Waals surface area contributed by atoms with Gasteiger partial charge >= 0.3 is 0 Å². The molecule has 0 unspecified atom stereocenters. The zero-order chi connectivity index (χ0) is 11.3. The van der Waals surface area contributed by atoms with Gasteiger partial charge in [0.2, 0.25) is 0 Å². The number of aromatic amines is 1. The summed E-state index contributed by atoms with van der Waals surface area (Å²) in [7, 11) is 0. The SMILES string of the molecule is CC(C)C.O=c1[nH]ncc2ncccc12. The topological polar surface area (TPSA) is 58.6 Å². The molecule has 0 fully saturated rings. The Morgan fingerprint density at radius 2 is 2.00 bits per heavy atom. The van der Waals surface area contributed by atoms with Crippen LogP contribution < -0.4 is 5.56 Å². The second kappa shape index (κ2) is 5.24. The van der Waals surface area contributed by atoms with Crippen molar-refractivity contribution < 1.29 is 0 Å². The molecular formula is C11H15N3O. The lowest BCUT2D eigenvalue weighted by Gasteiger charge is -1.90. The van der Waals surface area contributed by atoms with Gasteiger partial charge in [0.15, 0.2) is 0 Å². The van der Waals surface area contributed by atoms with Crippen LogP contribution in [0.5, 0.6) is 0 Å². The lowest BCUT2D eigenvalue weighted by molar-refractivity contribution is 0.737. The van der Waals surface area contributed by atoms with E-state index in [1.807, 2.05) is 0 Å². The Morgan fingerprint density at radius 3 is 2.60 bits per heavy atom. The van der Waals surface area contributed by atoms with Gasteiger partial charge in [0.1, 0.15) is 0 Å². The van der Waals surface area contributed by atoms with Crippen molar-refractivity contribution in [1.82, 2.24) is 15.2 Å². The molecule has 0 spiro atoms. The summed E-state index contributed by atoms with van der Waals surface area (Å²) in [6.07, 6.45) is 3.15. The van der Waals surface area contributed by atoms with E-state index in [1.165, 1.54) is 6.20 Å². The van der Waals surface area contributed by atoms with Crippen molar-refractivity contribution in [1.29, 1.82) is 0 Å². The van der Waals surface area contributed by atoms with Crippen LogP contribution in [0.25, 0.3) is 10.9 Å². The minimum Gasteiger partial charge on any atom is -0.267 e. The molecule has 0 saturated heterocycles. The Morgan fingerprint density at radius 1 is 1.33 bits per heavy atom. The molecule has 0 radical (unpaired) electrons. The van der Waals surface area contributed by atoms with Crippen molar-refractivity contribution in [2.24, 2.45) is 5.92 Å². The Balaban J connectivity index is 0.000000245. The molecule has 2 rings (SSSR count). The van der Waals surface area contributed by atoms with E-state index >= 15 is 0 Å². The van der Waals surface area contributed by atoms with Crippen LogP contribution in [0, 0.1) is 5.92 Å². The summed E-state index contributed by atoms with van der Waals surface area (Å²) < 4.78 is 0. The minimum atomic E-state index is -0.199. The lowest BCUT2D eigenvalue weighted by Crippen LogP contribution is -2.07. The van der Waals surface area contributed by atoms with Crippen molar-refractivity contribution in [3.8, 4) is 0 Å². The van der Waals surface area contributed by atoms with E-state index in [2.05, 4.69) is 36.0 Å². The number of fused-ring (bicyclic) bond motifs is 1. The first-order valence-corrected chi connectivity index (χ1v) is 4.89. The van der Waals surface area contributed by atoms with E-state index < -0.39 is 0 Å². The van der Waals surface area contributed by atoms with Gasteiger partial charge in [-0.25, -0.2) is 5.10 Å². The highest BCUT2D eigenvalue weighted by molar-refractivity contribution is 5.75. The standard InChI is InChI=1S/C7H5N3O.C4H10/c11-7-5-2-1-3-8-6(5)4-9-10-7;1-4(2)3/h1-4H,(H,10,11);4H,1-3H3. The van der Waals surface area contributed by atoms with Crippen LogP contribution in [0.4, 0.5) is 0 Å². The largest absolute Gasteiger partial charge is 0.273 e. The summed E-state index contributed by atoms with van der Waals surface area (Å²) in [6, 6.07) is 3.43. The van der Waals surface area contributed by atoms with Gasteiger partial charge in [-0.1, -0.05) is 20.8 Å². The second-order valence-electron chi connectivity index (χ2n) is 3.87. The van der Waals surface area contributed by atoms with Gasteiger partial charge in [-0.05, 0) is 18.1 Å². The number of H-pyrrole nitrogens is 1. The van der Waals surface area contributed by atoms with E-state index in [1.54, 1.807) is 18.3 Å². The summed E-state index contributed by atoms with van der Waals surface area (Å²) in [6.45, 7) is 6.50. The van der Waals surface area contributed by atoms with Gasteiger partial charge in [-0.15, -0.1) is 0 Å². The van der Waals surface area contributed by atoms with E-state index in [0.717, 1.165) is 5.92 Å². The van der Waals surface area contributed by atoms with Crippen molar-refractivity contribution in [3.05, 3.63) is 34.9 Å². The van der Waals surface area contributed by atoms with Gasteiger partial charge < -0.3 is 0 Å². The molecule has 0 aliphatic rings. The van der Waals surface area contributed by atoms with E-state index in [-0.39, 0.29) is 5.56 Å². The summed E-state index contributed by atoms with van der Waals surface area (Å²) >= 11 is 0. The monoisotopic (exact) mass is 205 g/mol. The number of hydrogen-bond acceptors (Lipinski definition) is 3. The van der Waals surface area contributed by atoms with Crippen LogP contribution in [0.3, 0.4) is 0 Å². The smallest absolute Gasteiger partial charge is 0.267 e. The molecule has 0 bridgehead atoms. The van der Waals surface area contributed by atoms with Crippen LogP contribution in [-0.2, 0) is 0 Å². The van der Waals surface area contributed by atoms with Crippen molar-refractivity contribution in [3.63, 3.8) is 0 Å². The summed E-state index contributed by atoms with van der Waals surface area (Å²) in [5, 5.41) is 6.51. The molecule has 0 aliphatic heterocycles. The predicted molar refractivity (Wildman–Crippen MR) is 60.7 cm³/mol. The first-order chi connectivity index (χ1) is 7.11.